The van der Waals surface area contributed by atoms with E-state index in [1.54, 1.807) is 5.57 Å². The van der Waals surface area contributed by atoms with Gasteiger partial charge >= 0.3 is 0 Å². The summed E-state index contributed by atoms with van der Waals surface area (Å²) in [5.41, 5.74) is 4.46. The fraction of sp³-hybridized carbons (Fsp3) is 0.857. The van der Waals surface area contributed by atoms with Crippen LogP contribution in [0.3, 0.4) is 0 Å². The van der Waals surface area contributed by atoms with E-state index in [1.807, 2.05) is 5.57 Å². The maximum atomic E-state index is 6.89. The maximum absolute atomic E-state index is 6.89. The van der Waals surface area contributed by atoms with Crippen LogP contribution in [0.1, 0.15) is 86.5 Å². The number of halogens is 1. The summed E-state index contributed by atoms with van der Waals surface area (Å²) in [5.74, 6) is 3.40. The van der Waals surface area contributed by atoms with Crippen LogP contribution in [0, 0.1) is 34.5 Å². The maximum Gasteiger partial charge on any atom is 0.192 e. The number of hydrogen-bond acceptors (Lipinski definition) is 1. The molecule has 0 aliphatic heterocycles. The zero-order valence-corrected chi connectivity index (χ0v) is 24.6. The van der Waals surface area contributed by atoms with Gasteiger partial charge in [-0.15, -0.1) is 0 Å². The van der Waals surface area contributed by atoms with E-state index in [0.717, 1.165) is 23.7 Å². The molecule has 3 unspecified atom stereocenters. The molecule has 1 nitrogen and oxygen atoms in total. The average Bonchev–Trinajstić information content (AvgIpc) is 3.04. The van der Waals surface area contributed by atoms with Gasteiger partial charge in [0.2, 0.25) is 0 Å². The molecule has 0 heterocycles. The van der Waals surface area contributed by atoms with Crippen LogP contribution in [-0.2, 0) is 4.43 Å². The molecule has 31 heavy (non-hydrogen) atoms. The van der Waals surface area contributed by atoms with Gasteiger partial charge in [0.25, 0.3) is 0 Å². The molecule has 3 heteroatoms. The van der Waals surface area contributed by atoms with Crippen molar-refractivity contribution >= 4 is 30.9 Å². The second-order valence-electron chi connectivity index (χ2n) is 13.5. The van der Waals surface area contributed by atoms with Crippen LogP contribution >= 0.6 is 22.6 Å². The lowest BCUT2D eigenvalue weighted by molar-refractivity contribution is 0.0386. The molecule has 0 radical (unpaired) electrons. The minimum absolute atomic E-state index is 0.295. The third-order valence-corrected chi connectivity index (χ3v) is 16.7. The predicted octanol–water partition coefficient (Wildman–Crippen LogP) is 8.95. The van der Waals surface area contributed by atoms with Gasteiger partial charge in [-0.05, 0) is 97.6 Å². The van der Waals surface area contributed by atoms with Crippen LogP contribution in [0.4, 0.5) is 0 Å². The minimum atomic E-state index is -1.70. The van der Waals surface area contributed by atoms with Crippen molar-refractivity contribution in [2.75, 3.05) is 4.43 Å². The lowest BCUT2D eigenvalue weighted by Gasteiger charge is -2.56. The molecule has 0 aromatic heterocycles. The van der Waals surface area contributed by atoms with Crippen molar-refractivity contribution < 1.29 is 4.43 Å². The Balaban J connectivity index is 1.57. The van der Waals surface area contributed by atoms with E-state index in [1.165, 1.54) is 49.4 Å². The van der Waals surface area contributed by atoms with Gasteiger partial charge in [0, 0.05) is 10.5 Å². The molecule has 0 spiro atoms. The van der Waals surface area contributed by atoms with E-state index in [4.69, 9.17) is 4.43 Å². The molecule has 4 rings (SSSR count). The summed E-state index contributed by atoms with van der Waals surface area (Å²) >= 11 is 2.62. The van der Waals surface area contributed by atoms with E-state index in [2.05, 4.69) is 89.4 Å². The Bertz CT molecular complexity index is 761. The highest BCUT2D eigenvalue weighted by Crippen LogP contribution is 2.66. The number of rotatable bonds is 4. The first-order chi connectivity index (χ1) is 14.3. The topological polar surface area (TPSA) is 9.23 Å². The predicted molar refractivity (Wildman–Crippen MR) is 145 cm³/mol. The monoisotopic (exact) mass is 554 g/mol. The smallest absolute Gasteiger partial charge is 0.192 e. The Morgan fingerprint density at radius 1 is 1.06 bits per heavy atom. The first-order valence-corrected chi connectivity index (χ1v) is 17.4. The molecule has 0 N–H and O–H groups in total. The molecule has 176 valence electrons. The number of hydrogen-bond donors (Lipinski definition) is 0. The summed E-state index contributed by atoms with van der Waals surface area (Å²) in [6, 6.07) is 0. The zero-order chi connectivity index (χ0) is 22.8. The zero-order valence-electron chi connectivity index (χ0n) is 21.5. The summed E-state index contributed by atoms with van der Waals surface area (Å²) in [6.07, 6.45) is 15.1. The Morgan fingerprint density at radius 3 is 2.42 bits per heavy atom. The Hall–Kier alpha value is 0.387. The summed E-state index contributed by atoms with van der Waals surface area (Å²) in [4.78, 5) is 0. The van der Waals surface area contributed by atoms with Gasteiger partial charge < -0.3 is 4.43 Å². The first-order valence-electron chi connectivity index (χ1n) is 13.0. The van der Waals surface area contributed by atoms with Crippen LogP contribution in [0.5, 0.6) is 0 Å². The Labute approximate surface area is 207 Å². The van der Waals surface area contributed by atoms with Crippen LogP contribution in [0.15, 0.2) is 23.3 Å². The van der Waals surface area contributed by atoms with E-state index in [0.29, 0.717) is 22.0 Å². The lowest BCUT2D eigenvalue weighted by Crippen LogP contribution is -2.49. The van der Waals surface area contributed by atoms with Crippen molar-refractivity contribution in [3.8, 4) is 0 Å². The second-order valence-corrected chi connectivity index (χ2v) is 19.1. The van der Waals surface area contributed by atoms with E-state index < -0.39 is 8.32 Å². The van der Waals surface area contributed by atoms with Crippen molar-refractivity contribution in [2.45, 2.75) is 111 Å². The largest absolute Gasteiger partial charge is 0.414 e. The van der Waals surface area contributed by atoms with Gasteiger partial charge in [-0.2, -0.15) is 0 Å². The molecule has 0 aromatic carbocycles. The highest BCUT2D eigenvalue weighted by Gasteiger charge is 2.57. The molecule has 0 saturated heterocycles. The van der Waals surface area contributed by atoms with Crippen molar-refractivity contribution in [3.05, 3.63) is 23.3 Å². The normalized spacial score (nSPS) is 41.6. The Kier molecular flexibility index (Phi) is 6.53. The fourth-order valence-electron chi connectivity index (χ4n) is 7.75. The Morgan fingerprint density at radius 2 is 1.77 bits per heavy atom. The number of alkyl halides is 1. The lowest BCUT2D eigenvalue weighted by atomic mass is 9.50. The molecule has 4 aliphatic rings. The number of fused-ring (bicyclic) bond motifs is 5. The molecule has 0 bridgehead atoms. The highest BCUT2D eigenvalue weighted by atomic mass is 127. The molecular weight excluding hydrogens is 507 g/mol. The number of allylic oxidation sites excluding steroid dienone is 3. The highest BCUT2D eigenvalue weighted by molar-refractivity contribution is 14.1. The van der Waals surface area contributed by atoms with Gasteiger partial charge in [-0.1, -0.05) is 87.4 Å². The fourth-order valence-corrected chi connectivity index (χ4v) is 9.75. The van der Waals surface area contributed by atoms with Crippen molar-refractivity contribution in [1.29, 1.82) is 0 Å². The van der Waals surface area contributed by atoms with Crippen molar-refractivity contribution in [3.63, 3.8) is 0 Å². The van der Waals surface area contributed by atoms with Gasteiger partial charge in [0.05, 0.1) is 0 Å². The summed E-state index contributed by atoms with van der Waals surface area (Å²) in [7, 11) is -1.70. The standard InChI is InChI=1S/C28H47IOSi/c1-19(18-29)23-11-12-24-22-10-9-20-17-21(30-31(7,8)26(2,3)4)13-15-27(20,5)25(22)14-16-28(23,24)6/h9-10,19,21,23-25H,11-18H2,1-8H3/t19-,21+,23?,24?,25?,27+,28-/m1/s1. The summed E-state index contributed by atoms with van der Waals surface area (Å²) < 4.78 is 8.20. The molecule has 3 fully saturated rings. The van der Waals surface area contributed by atoms with Crippen LogP contribution in [0.25, 0.3) is 0 Å². The van der Waals surface area contributed by atoms with E-state index >= 15 is 0 Å². The molecule has 0 aromatic rings. The third kappa shape index (κ3) is 3.99. The van der Waals surface area contributed by atoms with Gasteiger partial charge in [-0.3, -0.25) is 0 Å². The quantitative estimate of drug-likeness (QED) is 0.192. The van der Waals surface area contributed by atoms with Gasteiger partial charge in [0.1, 0.15) is 0 Å². The van der Waals surface area contributed by atoms with Crippen molar-refractivity contribution in [2.24, 2.45) is 34.5 Å². The second kappa shape index (κ2) is 8.25. The van der Waals surface area contributed by atoms with Crippen molar-refractivity contribution in [1.82, 2.24) is 0 Å². The molecule has 3 saturated carbocycles. The average molecular weight is 555 g/mol. The van der Waals surface area contributed by atoms with Crippen LogP contribution in [0.2, 0.25) is 18.1 Å². The SMILES string of the molecule is C[C@H](CI)C1CCC2C3=CC=C4C[C@@H](O[Si](C)(C)C(C)(C)C)CC[C@]4(C)C3CC[C@@]21C. The summed E-state index contributed by atoms with van der Waals surface area (Å²) in [6.45, 7) is 19.7. The molecular formula is C28H47IOSi. The third-order valence-electron chi connectivity index (χ3n) is 10.8. The van der Waals surface area contributed by atoms with Gasteiger partial charge in [-0.25, -0.2) is 0 Å². The van der Waals surface area contributed by atoms with E-state index in [-0.39, 0.29) is 0 Å². The van der Waals surface area contributed by atoms with Crippen LogP contribution in [-0.4, -0.2) is 18.8 Å². The minimum Gasteiger partial charge on any atom is -0.414 e. The van der Waals surface area contributed by atoms with Crippen LogP contribution < -0.4 is 0 Å². The summed E-state index contributed by atoms with van der Waals surface area (Å²) in [5, 5.41) is 0.295. The van der Waals surface area contributed by atoms with Gasteiger partial charge in [0.15, 0.2) is 8.32 Å². The molecule has 0 amide bonds. The van der Waals surface area contributed by atoms with E-state index in [9.17, 15) is 0 Å². The molecule has 7 atom stereocenters. The first kappa shape index (κ1) is 24.5. The molecule has 4 aliphatic carbocycles.